The van der Waals surface area contributed by atoms with E-state index in [4.69, 9.17) is 15.2 Å². The fourth-order valence-corrected chi connectivity index (χ4v) is 1.55. The molecule has 1 aromatic rings. The number of hydrogen-bond donors (Lipinski definition) is 1. The van der Waals surface area contributed by atoms with Gasteiger partial charge in [-0.3, -0.25) is 0 Å². The predicted molar refractivity (Wildman–Crippen MR) is 79.0 cm³/mol. The minimum Gasteiger partial charge on any atom is -0.461 e. The molecule has 7 heteroatoms. The van der Waals surface area contributed by atoms with Crippen LogP contribution in [0.15, 0.2) is 0 Å². The van der Waals surface area contributed by atoms with E-state index in [1.807, 2.05) is 39.5 Å². The molecule has 2 N–H and O–H groups in total. The van der Waals surface area contributed by atoms with Gasteiger partial charge in [0.15, 0.2) is 0 Å². The summed E-state index contributed by atoms with van der Waals surface area (Å²) in [5.41, 5.74) is 5.49. The van der Waals surface area contributed by atoms with Crippen molar-refractivity contribution in [1.29, 1.82) is 0 Å². The molecule has 0 aliphatic carbocycles. The summed E-state index contributed by atoms with van der Waals surface area (Å²) in [6, 6.07) is 0.233. The Bertz CT molecular complexity index is 416. The van der Waals surface area contributed by atoms with Crippen LogP contribution in [-0.4, -0.2) is 46.9 Å². The van der Waals surface area contributed by atoms with E-state index < -0.39 is 0 Å². The van der Waals surface area contributed by atoms with E-state index in [1.54, 1.807) is 0 Å². The maximum absolute atomic E-state index is 5.68. The second-order valence-electron chi connectivity index (χ2n) is 5.26. The third-order valence-corrected chi connectivity index (χ3v) is 2.52. The molecule has 0 saturated carbocycles. The van der Waals surface area contributed by atoms with Crippen molar-refractivity contribution in [1.82, 2.24) is 15.0 Å². The van der Waals surface area contributed by atoms with Crippen LogP contribution in [0.25, 0.3) is 0 Å². The highest BCUT2D eigenvalue weighted by Gasteiger charge is 2.12. The van der Waals surface area contributed by atoms with Gasteiger partial charge in [-0.15, -0.1) is 0 Å². The highest BCUT2D eigenvalue weighted by atomic mass is 16.5. The van der Waals surface area contributed by atoms with Gasteiger partial charge in [-0.05, 0) is 34.6 Å². The Morgan fingerprint density at radius 3 is 2.25 bits per heavy atom. The maximum Gasteiger partial charge on any atom is 0.323 e. The molecule has 0 amide bonds. The first-order valence-electron chi connectivity index (χ1n) is 6.89. The van der Waals surface area contributed by atoms with Crippen LogP contribution in [0.1, 0.15) is 34.6 Å². The molecule has 0 aliphatic heterocycles. The number of nitrogen functional groups attached to an aromatic ring is 1. The van der Waals surface area contributed by atoms with Crippen molar-refractivity contribution in [3.8, 4) is 6.01 Å². The molecule has 0 spiro atoms. The van der Waals surface area contributed by atoms with E-state index in [0.717, 1.165) is 13.1 Å². The molecule has 0 fully saturated rings. The Hall–Kier alpha value is -1.63. The molecular formula is C13H25N5O2. The molecule has 0 unspecified atom stereocenters. The van der Waals surface area contributed by atoms with Gasteiger partial charge in [0.2, 0.25) is 11.9 Å². The summed E-state index contributed by atoms with van der Waals surface area (Å²) in [6.45, 7) is 12.5. The van der Waals surface area contributed by atoms with E-state index in [1.165, 1.54) is 0 Å². The van der Waals surface area contributed by atoms with Crippen molar-refractivity contribution >= 4 is 11.9 Å². The van der Waals surface area contributed by atoms with Gasteiger partial charge in [-0.1, -0.05) is 0 Å². The summed E-state index contributed by atoms with van der Waals surface area (Å²) in [4.78, 5) is 14.3. The van der Waals surface area contributed by atoms with Crippen LogP contribution in [-0.2, 0) is 4.74 Å². The predicted octanol–water partition coefficient (Wildman–Crippen LogP) is 1.49. The molecule has 1 heterocycles. The van der Waals surface area contributed by atoms with Crippen molar-refractivity contribution < 1.29 is 9.47 Å². The molecular weight excluding hydrogens is 258 g/mol. The van der Waals surface area contributed by atoms with Crippen LogP contribution in [0, 0.1) is 0 Å². The quantitative estimate of drug-likeness (QED) is 0.759. The average molecular weight is 283 g/mol. The summed E-state index contributed by atoms with van der Waals surface area (Å²) in [6.07, 6.45) is 0. The minimum atomic E-state index is -0.187. The van der Waals surface area contributed by atoms with Crippen LogP contribution in [0.4, 0.5) is 11.9 Å². The van der Waals surface area contributed by atoms with Gasteiger partial charge in [0.05, 0.1) is 12.2 Å². The second-order valence-corrected chi connectivity index (χ2v) is 5.26. The van der Waals surface area contributed by atoms with E-state index in [-0.39, 0.29) is 17.6 Å². The van der Waals surface area contributed by atoms with Gasteiger partial charge in [-0.25, -0.2) is 0 Å². The third kappa shape index (κ3) is 5.56. The van der Waals surface area contributed by atoms with Gasteiger partial charge in [-0.2, -0.15) is 15.0 Å². The molecule has 0 aliphatic rings. The summed E-state index contributed by atoms with van der Waals surface area (Å²) >= 11 is 0. The fraction of sp³-hybridized carbons (Fsp3) is 0.769. The SMILES string of the molecule is CCN(CC)c1nc(N)nc(OCCOC(C)(C)C)n1. The molecule has 114 valence electrons. The van der Waals surface area contributed by atoms with Gasteiger partial charge < -0.3 is 20.1 Å². The second kappa shape index (κ2) is 7.23. The average Bonchev–Trinajstić information content (AvgIpc) is 2.34. The normalized spacial score (nSPS) is 11.4. The Labute approximate surface area is 120 Å². The van der Waals surface area contributed by atoms with E-state index in [2.05, 4.69) is 15.0 Å². The molecule has 0 bridgehead atoms. The number of nitrogens with zero attached hydrogens (tertiary/aromatic N) is 4. The van der Waals surface area contributed by atoms with Gasteiger partial charge in [0.1, 0.15) is 6.61 Å². The molecule has 0 aromatic carbocycles. The van der Waals surface area contributed by atoms with Crippen molar-refractivity contribution in [3.05, 3.63) is 0 Å². The van der Waals surface area contributed by atoms with Crippen LogP contribution in [0.5, 0.6) is 6.01 Å². The minimum absolute atomic E-state index is 0.161. The van der Waals surface area contributed by atoms with Gasteiger partial charge >= 0.3 is 6.01 Å². The zero-order chi connectivity index (χ0) is 15.2. The largest absolute Gasteiger partial charge is 0.461 e. The molecule has 20 heavy (non-hydrogen) atoms. The van der Waals surface area contributed by atoms with Gasteiger partial charge in [0.25, 0.3) is 0 Å². The molecule has 0 saturated heterocycles. The molecule has 0 atom stereocenters. The molecule has 0 radical (unpaired) electrons. The Morgan fingerprint density at radius 1 is 1.05 bits per heavy atom. The monoisotopic (exact) mass is 283 g/mol. The van der Waals surface area contributed by atoms with Crippen molar-refractivity contribution in [2.45, 2.75) is 40.2 Å². The number of aromatic nitrogens is 3. The topological polar surface area (TPSA) is 86.4 Å². The maximum atomic E-state index is 5.68. The smallest absolute Gasteiger partial charge is 0.323 e. The van der Waals surface area contributed by atoms with E-state index in [0.29, 0.717) is 19.2 Å². The first kappa shape index (κ1) is 16.4. The van der Waals surface area contributed by atoms with E-state index >= 15 is 0 Å². The summed E-state index contributed by atoms with van der Waals surface area (Å²) in [7, 11) is 0. The highest BCUT2D eigenvalue weighted by Crippen LogP contribution is 2.13. The standard InChI is InChI=1S/C13H25N5O2/c1-6-18(7-2)11-15-10(14)16-12(17-11)19-8-9-20-13(3,4)5/h6-9H2,1-5H3,(H2,14,15,16,17). The number of hydrogen-bond acceptors (Lipinski definition) is 7. The Kier molecular flexibility index (Phi) is 5.94. The van der Waals surface area contributed by atoms with Crippen molar-refractivity contribution in [3.63, 3.8) is 0 Å². The zero-order valence-corrected chi connectivity index (χ0v) is 13.0. The van der Waals surface area contributed by atoms with Crippen LogP contribution >= 0.6 is 0 Å². The van der Waals surface area contributed by atoms with Crippen molar-refractivity contribution in [2.24, 2.45) is 0 Å². The zero-order valence-electron chi connectivity index (χ0n) is 13.0. The number of rotatable bonds is 7. The lowest BCUT2D eigenvalue weighted by molar-refractivity contribution is -0.0173. The number of ether oxygens (including phenoxy) is 2. The third-order valence-electron chi connectivity index (χ3n) is 2.52. The lowest BCUT2D eigenvalue weighted by Gasteiger charge is -2.20. The summed E-state index contributed by atoms with van der Waals surface area (Å²) in [5.74, 6) is 0.697. The lowest BCUT2D eigenvalue weighted by atomic mass is 10.2. The molecule has 1 rings (SSSR count). The van der Waals surface area contributed by atoms with Crippen LogP contribution in [0.3, 0.4) is 0 Å². The highest BCUT2D eigenvalue weighted by molar-refractivity contribution is 5.35. The lowest BCUT2D eigenvalue weighted by Crippen LogP contribution is -2.25. The van der Waals surface area contributed by atoms with Crippen molar-refractivity contribution in [2.75, 3.05) is 36.9 Å². The first-order chi connectivity index (χ1) is 9.35. The van der Waals surface area contributed by atoms with Crippen LogP contribution < -0.4 is 15.4 Å². The summed E-state index contributed by atoms with van der Waals surface area (Å²) in [5, 5.41) is 0. The van der Waals surface area contributed by atoms with Gasteiger partial charge in [0, 0.05) is 13.1 Å². The molecule has 7 nitrogen and oxygen atoms in total. The number of nitrogens with two attached hydrogens (primary N) is 1. The Balaban J connectivity index is 2.62. The Morgan fingerprint density at radius 2 is 1.70 bits per heavy atom. The fourth-order valence-electron chi connectivity index (χ4n) is 1.55. The first-order valence-corrected chi connectivity index (χ1v) is 6.89. The number of anilines is 2. The van der Waals surface area contributed by atoms with Crippen LogP contribution in [0.2, 0.25) is 0 Å². The molecule has 1 aromatic heterocycles. The summed E-state index contributed by atoms with van der Waals surface area (Å²) < 4.78 is 11.0. The van der Waals surface area contributed by atoms with E-state index in [9.17, 15) is 0 Å².